The van der Waals surface area contributed by atoms with Crippen LogP contribution >= 0.6 is 0 Å². The summed E-state index contributed by atoms with van der Waals surface area (Å²) in [6, 6.07) is 4.53. The van der Waals surface area contributed by atoms with Crippen molar-refractivity contribution < 1.29 is 14.7 Å². The standard InChI is InChI=1S/C11H10N4O3/c12-9-7(11(17)18)2-1-3-8(9)15-5-6(4-14-15)10(13)16/h1-5H,12H2,(H2,13,16)(H,17,18). The molecule has 0 saturated heterocycles. The SMILES string of the molecule is NC(=O)c1cnn(-c2cccc(C(=O)O)c2N)c1. The molecule has 0 spiro atoms. The molecule has 0 aliphatic heterocycles. The summed E-state index contributed by atoms with van der Waals surface area (Å²) in [7, 11) is 0. The van der Waals surface area contributed by atoms with Crippen LogP contribution in [-0.4, -0.2) is 26.8 Å². The minimum absolute atomic E-state index is 0.0244. The molecule has 7 heteroatoms. The molecule has 5 N–H and O–H groups in total. The average molecular weight is 246 g/mol. The Balaban J connectivity index is 2.53. The number of carbonyl (C=O) groups excluding carboxylic acids is 1. The average Bonchev–Trinajstić information content (AvgIpc) is 2.78. The highest BCUT2D eigenvalue weighted by molar-refractivity contribution is 5.96. The van der Waals surface area contributed by atoms with E-state index in [0.29, 0.717) is 5.69 Å². The van der Waals surface area contributed by atoms with Gasteiger partial charge in [0.05, 0.1) is 28.7 Å². The van der Waals surface area contributed by atoms with Gasteiger partial charge in [0.1, 0.15) is 0 Å². The van der Waals surface area contributed by atoms with Gasteiger partial charge in [-0.25, -0.2) is 9.48 Å². The van der Waals surface area contributed by atoms with Crippen LogP contribution in [0.4, 0.5) is 5.69 Å². The normalized spacial score (nSPS) is 10.2. The lowest BCUT2D eigenvalue weighted by atomic mass is 10.1. The number of hydrogen-bond acceptors (Lipinski definition) is 4. The van der Waals surface area contributed by atoms with Gasteiger partial charge in [-0.05, 0) is 12.1 Å². The van der Waals surface area contributed by atoms with Gasteiger partial charge in [0.15, 0.2) is 0 Å². The molecule has 18 heavy (non-hydrogen) atoms. The number of para-hydroxylation sites is 1. The van der Waals surface area contributed by atoms with Crippen molar-refractivity contribution in [2.45, 2.75) is 0 Å². The molecule has 0 atom stereocenters. The van der Waals surface area contributed by atoms with Crippen molar-refractivity contribution in [3.05, 3.63) is 41.7 Å². The second-order valence-corrected chi connectivity index (χ2v) is 3.58. The van der Waals surface area contributed by atoms with Crippen molar-refractivity contribution >= 4 is 17.6 Å². The summed E-state index contributed by atoms with van der Waals surface area (Å²) >= 11 is 0. The second-order valence-electron chi connectivity index (χ2n) is 3.58. The highest BCUT2D eigenvalue weighted by Gasteiger charge is 2.13. The van der Waals surface area contributed by atoms with Gasteiger partial charge < -0.3 is 16.6 Å². The molecular weight excluding hydrogens is 236 g/mol. The van der Waals surface area contributed by atoms with E-state index in [4.69, 9.17) is 16.6 Å². The van der Waals surface area contributed by atoms with Gasteiger partial charge in [-0.1, -0.05) is 6.07 Å². The summed E-state index contributed by atoms with van der Waals surface area (Å²) in [4.78, 5) is 21.9. The third-order valence-corrected chi connectivity index (χ3v) is 2.43. The number of aromatic nitrogens is 2. The molecule has 0 aliphatic rings. The van der Waals surface area contributed by atoms with Gasteiger partial charge in [0.2, 0.25) is 0 Å². The van der Waals surface area contributed by atoms with E-state index in [1.807, 2.05) is 0 Å². The first-order valence-electron chi connectivity index (χ1n) is 4.97. The molecule has 1 aromatic heterocycles. The van der Waals surface area contributed by atoms with Crippen molar-refractivity contribution in [3.8, 4) is 5.69 Å². The topological polar surface area (TPSA) is 124 Å². The number of rotatable bonds is 3. The number of nitrogens with two attached hydrogens (primary N) is 2. The Bertz CT molecular complexity index is 633. The highest BCUT2D eigenvalue weighted by Crippen LogP contribution is 2.21. The fourth-order valence-corrected chi connectivity index (χ4v) is 1.52. The number of carboxylic acid groups (broad SMARTS) is 1. The van der Waals surface area contributed by atoms with Crippen LogP contribution in [0.2, 0.25) is 0 Å². The van der Waals surface area contributed by atoms with Gasteiger partial charge in [0.25, 0.3) is 5.91 Å². The van der Waals surface area contributed by atoms with E-state index in [9.17, 15) is 9.59 Å². The zero-order valence-corrected chi connectivity index (χ0v) is 9.20. The maximum absolute atomic E-state index is 10.9. The third kappa shape index (κ3) is 1.88. The predicted molar refractivity (Wildman–Crippen MR) is 63.5 cm³/mol. The van der Waals surface area contributed by atoms with E-state index in [2.05, 4.69) is 5.10 Å². The van der Waals surface area contributed by atoms with Crippen LogP contribution in [-0.2, 0) is 0 Å². The molecule has 2 rings (SSSR count). The van der Waals surface area contributed by atoms with Crippen LogP contribution in [0.5, 0.6) is 0 Å². The molecule has 92 valence electrons. The Morgan fingerprint density at radius 1 is 1.33 bits per heavy atom. The van der Waals surface area contributed by atoms with Crippen LogP contribution in [0.25, 0.3) is 5.69 Å². The van der Waals surface area contributed by atoms with E-state index in [1.54, 1.807) is 12.1 Å². The smallest absolute Gasteiger partial charge is 0.337 e. The van der Waals surface area contributed by atoms with Gasteiger partial charge in [-0.3, -0.25) is 4.79 Å². The van der Waals surface area contributed by atoms with Crippen molar-refractivity contribution in [2.24, 2.45) is 5.73 Å². The summed E-state index contributed by atoms with van der Waals surface area (Å²) in [6.07, 6.45) is 2.68. The monoisotopic (exact) mass is 246 g/mol. The number of nitrogens with zero attached hydrogens (tertiary/aromatic N) is 2. The number of aromatic carboxylic acids is 1. The fourth-order valence-electron chi connectivity index (χ4n) is 1.52. The van der Waals surface area contributed by atoms with E-state index >= 15 is 0 Å². The second kappa shape index (κ2) is 4.21. The molecule has 0 radical (unpaired) electrons. The summed E-state index contributed by atoms with van der Waals surface area (Å²) in [5.41, 5.74) is 11.5. The number of nitrogen functional groups attached to an aromatic ring is 1. The number of amides is 1. The Kier molecular flexibility index (Phi) is 2.72. The van der Waals surface area contributed by atoms with Gasteiger partial charge >= 0.3 is 5.97 Å². The molecule has 0 fully saturated rings. The summed E-state index contributed by atoms with van der Waals surface area (Å²) in [5, 5.41) is 12.9. The first-order chi connectivity index (χ1) is 8.50. The molecule has 2 aromatic rings. The zero-order valence-electron chi connectivity index (χ0n) is 9.20. The van der Waals surface area contributed by atoms with Gasteiger partial charge in [0, 0.05) is 6.20 Å². The van der Waals surface area contributed by atoms with Crippen LogP contribution in [0.15, 0.2) is 30.6 Å². The molecule has 0 saturated carbocycles. The van der Waals surface area contributed by atoms with Crippen molar-refractivity contribution in [1.82, 2.24) is 9.78 Å². The molecule has 0 aliphatic carbocycles. The van der Waals surface area contributed by atoms with Crippen molar-refractivity contribution in [2.75, 3.05) is 5.73 Å². The molecular formula is C11H10N4O3. The van der Waals surface area contributed by atoms with E-state index in [1.165, 1.54) is 23.1 Å². The molecule has 0 unspecified atom stereocenters. The molecule has 0 bridgehead atoms. The number of benzene rings is 1. The first kappa shape index (κ1) is 11.6. The van der Waals surface area contributed by atoms with E-state index < -0.39 is 11.9 Å². The maximum atomic E-state index is 10.9. The first-order valence-corrected chi connectivity index (χ1v) is 4.97. The Hall–Kier alpha value is -2.83. The Labute approximate surface area is 102 Å². The van der Waals surface area contributed by atoms with Crippen LogP contribution in [0, 0.1) is 0 Å². The highest BCUT2D eigenvalue weighted by atomic mass is 16.4. The molecule has 7 nitrogen and oxygen atoms in total. The largest absolute Gasteiger partial charge is 0.478 e. The molecule has 1 heterocycles. The van der Waals surface area contributed by atoms with E-state index in [-0.39, 0.29) is 16.8 Å². The summed E-state index contributed by atoms with van der Waals surface area (Å²) in [5.74, 6) is -1.74. The molecule has 1 aromatic carbocycles. The zero-order chi connectivity index (χ0) is 13.3. The number of anilines is 1. The Morgan fingerprint density at radius 3 is 2.61 bits per heavy atom. The maximum Gasteiger partial charge on any atom is 0.337 e. The number of carbonyl (C=O) groups is 2. The quantitative estimate of drug-likeness (QED) is 0.669. The number of primary amides is 1. The fraction of sp³-hybridized carbons (Fsp3) is 0. The third-order valence-electron chi connectivity index (χ3n) is 2.43. The van der Waals surface area contributed by atoms with E-state index in [0.717, 1.165) is 0 Å². The lowest BCUT2D eigenvalue weighted by Gasteiger charge is -2.07. The van der Waals surface area contributed by atoms with Crippen molar-refractivity contribution in [3.63, 3.8) is 0 Å². The van der Waals surface area contributed by atoms with Crippen molar-refractivity contribution in [1.29, 1.82) is 0 Å². The summed E-state index contributed by atoms with van der Waals surface area (Å²) < 4.78 is 1.31. The lowest BCUT2D eigenvalue weighted by Crippen LogP contribution is -2.10. The van der Waals surface area contributed by atoms with Crippen LogP contribution in [0.3, 0.4) is 0 Å². The number of hydrogen-bond donors (Lipinski definition) is 3. The number of carboxylic acids is 1. The minimum Gasteiger partial charge on any atom is -0.478 e. The van der Waals surface area contributed by atoms with Gasteiger partial charge in [-0.15, -0.1) is 0 Å². The lowest BCUT2D eigenvalue weighted by molar-refractivity contribution is 0.0697. The predicted octanol–water partition coefficient (Wildman–Crippen LogP) is 0.252. The summed E-state index contributed by atoms with van der Waals surface area (Å²) in [6.45, 7) is 0. The minimum atomic E-state index is -1.13. The Morgan fingerprint density at radius 2 is 2.06 bits per heavy atom. The van der Waals surface area contributed by atoms with Gasteiger partial charge in [-0.2, -0.15) is 5.10 Å². The molecule has 1 amide bonds. The van der Waals surface area contributed by atoms with Crippen LogP contribution < -0.4 is 11.5 Å². The van der Waals surface area contributed by atoms with Crippen LogP contribution in [0.1, 0.15) is 20.7 Å².